The molecule has 0 saturated heterocycles. The van der Waals surface area contributed by atoms with Crippen LogP contribution in [0.2, 0.25) is 0 Å². The Morgan fingerprint density at radius 1 is 1.29 bits per heavy atom. The summed E-state index contributed by atoms with van der Waals surface area (Å²) >= 11 is 0. The molecule has 0 spiro atoms. The lowest BCUT2D eigenvalue weighted by atomic mass is 10.2. The monoisotopic (exact) mass is 311 g/mol. The van der Waals surface area contributed by atoms with Gasteiger partial charge in [-0.3, -0.25) is 0 Å². The zero-order chi connectivity index (χ0) is 15.3. The molecule has 21 heavy (non-hydrogen) atoms. The van der Waals surface area contributed by atoms with Gasteiger partial charge in [0.15, 0.2) is 5.76 Å². The number of methoxy groups -OCH3 is 1. The molecule has 0 radical (unpaired) electrons. The Kier molecular flexibility index (Phi) is 4.94. The molecule has 8 heteroatoms. The van der Waals surface area contributed by atoms with Crippen LogP contribution in [0.1, 0.15) is 11.3 Å². The third-order valence-electron chi connectivity index (χ3n) is 2.83. The molecule has 2 aromatic rings. The Bertz CT molecular complexity index is 683. The number of rotatable bonds is 7. The molecule has 0 bridgehead atoms. The Balaban J connectivity index is 2.22. The summed E-state index contributed by atoms with van der Waals surface area (Å²) in [6.45, 7) is 0.659. The van der Waals surface area contributed by atoms with Gasteiger partial charge in [0.05, 0.1) is 19.9 Å². The number of nitrogens with one attached hydrogen (secondary N) is 2. The second-order valence-electron chi connectivity index (χ2n) is 4.32. The molecular weight excluding hydrogens is 294 g/mol. The van der Waals surface area contributed by atoms with E-state index in [0.717, 1.165) is 5.56 Å². The molecule has 0 unspecified atom stereocenters. The van der Waals surface area contributed by atoms with Crippen molar-refractivity contribution in [1.29, 1.82) is 0 Å². The van der Waals surface area contributed by atoms with Crippen LogP contribution in [0, 0.1) is 0 Å². The van der Waals surface area contributed by atoms with Crippen LogP contribution < -0.4 is 14.8 Å². The van der Waals surface area contributed by atoms with Gasteiger partial charge in [0.1, 0.15) is 10.6 Å². The molecule has 114 valence electrons. The zero-order valence-corrected chi connectivity index (χ0v) is 12.6. The van der Waals surface area contributed by atoms with E-state index in [1.165, 1.54) is 19.4 Å². The molecule has 7 nitrogen and oxygen atoms in total. The molecule has 2 N–H and O–H groups in total. The van der Waals surface area contributed by atoms with Crippen LogP contribution in [0.15, 0.2) is 39.9 Å². The molecule has 1 heterocycles. The average Bonchev–Trinajstić information content (AvgIpc) is 2.98. The molecule has 0 saturated carbocycles. The number of benzene rings is 1. The predicted molar refractivity (Wildman–Crippen MR) is 76.3 cm³/mol. The van der Waals surface area contributed by atoms with Crippen molar-refractivity contribution in [2.24, 2.45) is 0 Å². The Morgan fingerprint density at radius 2 is 2.10 bits per heavy atom. The zero-order valence-electron chi connectivity index (χ0n) is 11.8. The Hall–Kier alpha value is -1.90. The Morgan fingerprint density at radius 3 is 2.71 bits per heavy atom. The summed E-state index contributed by atoms with van der Waals surface area (Å²) in [5, 5.41) is 6.52. The minimum atomic E-state index is -3.69. The lowest BCUT2D eigenvalue weighted by Crippen LogP contribution is -2.23. The summed E-state index contributed by atoms with van der Waals surface area (Å²) in [6.07, 6.45) is 1.46. The van der Waals surface area contributed by atoms with Gasteiger partial charge < -0.3 is 14.6 Å². The SMILES string of the molecule is CNCc1ccc(S(=O)(=O)NCc2ccno2)c(OC)c1. The molecule has 0 amide bonds. The maximum Gasteiger partial charge on any atom is 0.244 e. The van der Waals surface area contributed by atoms with Crippen LogP contribution in [0.25, 0.3) is 0 Å². The summed E-state index contributed by atoms with van der Waals surface area (Å²) in [7, 11) is -0.440. The van der Waals surface area contributed by atoms with Crippen molar-refractivity contribution < 1.29 is 17.7 Å². The van der Waals surface area contributed by atoms with E-state index in [4.69, 9.17) is 9.26 Å². The van der Waals surface area contributed by atoms with Gasteiger partial charge in [0, 0.05) is 12.6 Å². The number of hydrogen-bond acceptors (Lipinski definition) is 6. The molecule has 0 atom stereocenters. The van der Waals surface area contributed by atoms with Crippen LogP contribution in [-0.2, 0) is 23.1 Å². The van der Waals surface area contributed by atoms with E-state index < -0.39 is 10.0 Å². The van der Waals surface area contributed by atoms with E-state index in [1.54, 1.807) is 18.2 Å². The second kappa shape index (κ2) is 6.70. The van der Waals surface area contributed by atoms with Crippen molar-refractivity contribution in [3.05, 3.63) is 41.8 Å². The third-order valence-corrected chi connectivity index (χ3v) is 4.27. The molecular formula is C13H17N3O4S. The average molecular weight is 311 g/mol. The standard InChI is InChI=1S/C13H17N3O4S/c1-14-8-10-3-4-13(12(7-10)19-2)21(17,18)16-9-11-5-6-15-20-11/h3-7,14,16H,8-9H2,1-2H3. The van der Waals surface area contributed by atoms with Gasteiger partial charge in [0.25, 0.3) is 0 Å². The van der Waals surface area contributed by atoms with Crippen LogP contribution >= 0.6 is 0 Å². The molecule has 0 aliphatic rings. The number of hydrogen-bond donors (Lipinski definition) is 2. The normalized spacial score (nSPS) is 11.5. The maximum atomic E-state index is 12.3. The summed E-state index contributed by atoms with van der Waals surface area (Å²) in [5.41, 5.74) is 0.934. The fraction of sp³-hybridized carbons (Fsp3) is 0.308. The first-order valence-corrected chi connectivity index (χ1v) is 7.76. The minimum absolute atomic E-state index is 0.0315. The highest BCUT2D eigenvalue weighted by Crippen LogP contribution is 2.25. The fourth-order valence-electron chi connectivity index (χ4n) is 1.83. The van der Waals surface area contributed by atoms with Crippen LogP contribution in [0.4, 0.5) is 0 Å². The van der Waals surface area contributed by atoms with E-state index in [0.29, 0.717) is 18.1 Å². The van der Waals surface area contributed by atoms with Crippen molar-refractivity contribution >= 4 is 10.0 Å². The summed E-state index contributed by atoms with van der Waals surface area (Å²) < 4.78 is 37.1. The van der Waals surface area contributed by atoms with Crippen LogP contribution in [0.3, 0.4) is 0 Å². The van der Waals surface area contributed by atoms with E-state index >= 15 is 0 Å². The molecule has 0 fully saturated rings. The van der Waals surface area contributed by atoms with Gasteiger partial charge in [-0.25, -0.2) is 13.1 Å². The first-order valence-electron chi connectivity index (χ1n) is 6.27. The highest BCUT2D eigenvalue weighted by molar-refractivity contribution is 7.89. The predicted octanol–water partition coefficient (Wildman–Crippen LogP) is 0.881. The number of nitrogens with zero attached hydrogens (tertiary/aromatic N) is 1. The first kappa shape index (κ1) is 15.5. The van der Waals surface area contributed by atoms with Gasteiger partial charge in [-0.1, -0.05) is 11.2 Å². The highest BCUT2D eigenvalue weighted by atomic mass is 32.2. The Labute approximate surface area is 123 Å². The maximum absolute atomic E-state index is 12.3. The summed E-state index contributed by atoms with van der Waals surface area (Å²) in [4.78, 5) is 0.0874. The van der Waals surface area contributed by atoms with Crippen molar-refractivity contribution in [2.45, 2.75) is 18.0 Å². The van der Waals surface area contributed by atoms with Crippen LogP contribution in [-0.4, -0.2) is 27.7 Å². The smallest absolute Gasteiger partial charge is 0.244 e. The van der Waals surface area contributed by atoms with Crippen LogP contribution in [0.5, 0.6) is 5.75 Å². The third kappa shape index (κ3) is 3.81. The van der Waals surface area contributed by atoms with Gasteiger partial charge in [-0.05, 0) is 24.7 Å². The van der Waals surface area contributed by atoms with Gasteiger partial charge in [0.2, 0.25) is 10.0 Å². The van der Waals surface area contributed by atoms with Crippen molar-refractivity contribution in [1.82, 2.24) is 15.2 Å². The summed E-state index contributed by atoms with van der Waals surface area (Å²) in [5.74, 6) is 0.733. The molecule has 0 aliphatic carbocycles. The van der Waals surface area contributed by atoms with Crippen molar-refractivity contribution in [3.63, 3.8) is 0 Å². The number of sulfonamides is 1. The molecule has 0 aliphatic heterocycles. The quantitative estimate of drug-likeness (QED) is 0.788. The van der Waals surface area contributed by atoms with E-state index in [1.807, 2.05) is 7.05 Å². The molecule has 1 aromatic carbocycles. The van der Waals surface area contributed by atoms with E-state index in [2.05, 4.69) is 15.2 Å². The molecule has 2 rings (SSSR count). The van der Waals surface area contributed by atoms with Gasteiger partial charge in [-0.15, -0.1) is 0 Å². The minimum Gasteiger partial charge on any atom is -0.495 e. The van der Waals surface area contributed by atoms with Crippen molar-refractivity contribution in [2.75, 3.05) is 14.2 Å². The topological polar surface area (TPSA) is 93.5 Å². The van der Waals surface area contributed by atoms with Gasteiger partial charge >= 0.3 is 0 Å². The van der Waals surface area contributed by atoms with E-state index in [9.17, 15) is 8.42 Å². The van der Waals surface area contributed by atoms with Crippen molar-refractivity contribution in [3.8, 4) is 5.75 Å². The lowest BCUT2D eigenvalue weighted by molar-refractivity contribution is 0.379. The summed E-state index contributed by atoms with van der Waals surface area (Å²) in [6, 6.07) is 6.55. The largest absolute Gasteiger partial charge is 0.495 e. The first-order chi connectivity index (χ1) is 10.1. The fourth-order valence-corrected chi connectivity index (χ4v) is 2.97. The number of aromatic nitrogens is 1. The second-order valence-corrected chi connectivity index (χ2v) is 6.05. The van der Waals surface area contributed by atoms with Gasteiger partial charge in [-0.2, -0.15) is 0 Å². The van der Waals surface area contributed by atoms with E-state index in [-0.39, 0.29) is 11.4 Å². The molecule has 1 aromatic heterocycles. The number of ether oxygens (including phenoxy) is 1. The lowest BCUT2D eigenvalue weighted by Gasteiger charge is -2.11. The highest BCUT2D eigenvalue weighted by Gasteiger charge is 2.20.